The van der Waals surface area contributed by atoms with Crippen molar-refractivity contribution in [2.45, 2.75) is 44.3 Å². The van der Waals surface area contributed by atoms with Crippen molar-refractivity contribution < 1.29 is 9.84 Å². The first kappa shape index (κ1) is 7.56. The van der Waals surface area contributed by atoms with E-state index in [-0.39, 0.29) is 11.7 Å². The number of aliphatic hydroxyl groups is 1. The van der Waals surface area contributed by atoms with Crippen LogP contribution in [0.1, 0.15) is 32.6 Å². The van der Waals surface area contributed by atoms with Gasteiger partial charge in [0.05, 0.1) is 11.7 Å². The van der Waals surface area contributed by atoms with Crippen LogP contribution in [0.2, 0.25) is 0 Å². The van der Waals surface area contributed by atoms with Crippen LogP contribution in [-0.2, 0) is 4.74 Å². The van der Waals surface area contributed by atoms with Gasteiger partial charge < -0.3 is 9.84 Å². The molecule has 0 aromatic rings. The number of methoxy groups -OCH3 is 1. The first-order chi connectivity index (χ1) is 5.15. The molecule has 64 valence electrons. The summed E-state index contributed by atoms with van der Waals surface area (Å²) in [4.78, 5) is 0. The molecule has 0 bridgehead atoms. The standard InChI is InChI=1S/C9H16O2/c1-8-5-3-4-7(10)9(8,6-8)11-2/h7,10H,3-6H2,1-2H3. The lowest BCUT2D eigenvalue weighted by molar-refractivity contribution is -0.0758. The normalized spacial score (nSPS) is 55.4. The van der Waals surface area contributed by atoms with Gasteiger partial charge >= 0.3 is 0 Å². The van der Waals surface area contributed by atoms with Crippen LogP contribution in [0.5, 0.6) is 0 Å². The van der Waals surface area contributed by atoms with E-state index in [1.807, 2.05) is 0 Å². The zero-order valence-corrected chi connectivity index (χ0v) is 7.26. The maximum atomic E-state index is 9.71. The molecule has 2 nitrogen and oxygen atoms in total. The van der Waals surface area contributed by atoms with Crippen LogP contribution in [0.4, 0.5) is 0 Å². The molecule has 2 heteroatoms. The Bertz CT molecular complexity index is 180. The van der Waals surface area contributed by atoms with Gasteiger partial charge in [-0.3, -0.25) is 0 Å². The molecule has 2 aliphatic rings. The van der Waals surface area contributed by atoms with Crippen molar-refractivity contribution in [1.29, 1.82) is 0 Å². The number of aliphatic hydroxyl groups excluding tert-OH is 1. The first-order valence-electron chi connectivity index (χ1n) is 4.38. The monoisotopic (exact) mass is 156 g/mol. The lowest BCUT2D eigenvalue weighted by atomic mass is 9.86. The van der Waals surface area contributed by atoms with Crippen LogP contribution in [0.15, 0.2) is 0 Å². The van der Waals surface area contributed by atoms with Crippen molar-refractivity contribution in [3.63, 3.8) is 0 Å². The summed E-state index contributed by atoms with van der Waals surface area (Å²) in [5.41, 5.74) is 0.130. The average Bonchev–Trinajstić information content (AvgIpc) is 2.59. The van der Waals surface area contributed by atoms with E-state index < -0.39 is 0 Å². The van der Waals surface area contributed by atoms with Gasteiger partial charge in [0.25, 0.3) is 0 Å². The van der Waals surface area contributed by atoms with Crippen LogP contribution >= 0.6 is 0 Å². The molecule has 2 aliphatic carbocycles. The molecule has 1 N–H and O–H groups in total. The molecule has 0 amide bonds. The zero-order chi connectivity index (χ0) is 8.11. The van der Waals surface area contributed by atoms with E-state index in [0.29, 0.717) is 5.41 Å². The fourth-order valence-electron chi connectivity index (χ4n) is 2.73. The third-order valence-electron chi connectivity index (χ3n) is 3.66. The van der Waals surface area contributed by atoms with E-state index in [9.17, 15) is 5.11 Å². The number of fused-ring (bicyclic) bond motifs is 1. The summed E-state index contributed by atoms with van der Waals surface area (Å²) in [6.45, 7) is 2.22. The highest BCUT2D eigenvalue weighted by atomic mass is 16.5. The smallest absolute Gasteiger partial charge is 0.0996 e. The predicted octanol–water partition coefficient (Wildman–Crippen LogP) is 1.33. The lowest BCUT2D eigenvalue weighted by Crippen LogP contribution is -2.38. The Morgan fingerprint density at radius 3 is 2.73 bits per heavy atom. The van der Waals surface area contributed by atoms with E-state index in [4.69, 9.17) is 4.74 Å². The van der Waals surface area contributed by atoms with Crippen molar-refractivity contribution in [2.75, 3.05) is 7.11 Å². The van der Waals surface area contributed by atoms with Crippen LogP contribution in [0, 0.1) is 5.41 Å². The van der Waals surface area contributed by atoms with Crippen molar-refractivity contribution >= 4 is 0 Å². The van der Waals surface area contributed by atoms with Crippen LogP contribution < -0.4 is 0 Å². The molecule has 2 rings (SSSR count). The number of rotatable bonds is 1. The third kappa shape index (κ3) is 0.744. The Morgan fingerprint density at radius 2 is 2.27 bits per heavy atom. The quantitative estimate of drug-likeness (QED) is 0.620. The first-order valence-corrected chi connectivity index (χ1v) is 4.38. The Hall–Kier alpha value is -0.0800. The average molecular weight is 156 g/mol. The molecule has 2 fully saturated rings. The predicted molar refractivity (Wildman–Crippen MR) is 42.3 cm³/mol. The van der Waals surface area contributed by atoms with Gasteiger partial charge in [-0.15, -0.1) is 0 Å². The van der Waals surface area contributed by atoms with Gasteiger partial charge in [0, 0.05) is 12.5 Å². The minimum atomic E-state index is -0.216. The van der Waals surface area contributed by atoms with Gasteiger partial charge in [-0.05, 0) is 19.3 Å². The molecule has 0 heterocycles. The second-order valence-electron chi connectivity index (χ2n) is 4.24. The highest BCUT2D eigenvalue weighted by molar-refractivity contribution is 5.20. The number of ether oxygens (including phenoxy) is 1. The highest BCUT2D eigenvalue weighted by Gasteiger charge is 2.69. The molecule has 0 saturated heterocycles. The van der Waals surface area contributed by atoms with Gasteiger partial charge in [-0.2, -0.15) is 0 Å². The Labute approximate surface area is 67.6 Å². The lowest BCUT2D eigenvalue weighted by Gasteiger charge is -2.31. The van der Waals surface area contributed by atoms with Gasteiger partial charge in [0.2, 0.25) is 0 Å². The van der Waals surface area contributed by atoms with Gasteiger partial charge in [-0.1, -0.05) is 13.3 Å². The van der Waals surface area contributed by atoms with E-state index in [1.165, 1.54) is 6.42 Å². The maximum absolute atomic E-state index is 9.71. The SMILES string of the molecule is COC12CC1(C)CCCC2O. The molecule has 0 aliphatic heterocycles. The fraction of sp³-hybridized carbons (Fsp3) is 1.00. The summed E-state index contributed by atoms with van der Waals surface area (Å²) in [7, 11) is 1.72. The molecule has 11 heavy (non-hydrogen) atoms. The van der Waals surface area contributed by atoms with E-state index >= 15 is 0 Å². The Kier molecular flexibility index (Phi) is 1.37. The van der Waals surface area contributed by atoms with Crippen molar-refractivity contribution in [1.82, 2.24) is 0 Å². The minimum absolute atomic E-state index is 0.161. The van der Waals surface area contributed by atoms with E-state index in [2.05, 4.69) is 6.92 Å². The third-order valence-corrected chi connectivity index (χ3v) is 3.66. The second kappa shape index (κ2) is 1.99. The molecule has 3 unspecified atom stereocenters. The Balaban J connectivity index is 2.20. The summed E-state index contributed by atoms with van der Waals surface area (Å²) in [5.74, 6) is 0. The molecule has 0 aromatic carbocycles. The van der Waals surface area contributed by atoms with Crippen LogP contribution in [0.3, 0.4) is 0 Å². The van der Waals surface area contributed by atoms with E-state index in [0.717, 1.165) is 19.3 Å². The van der Waals surface area contributed by atoms with Crippen LogP contribution in [-0.4, -0.2) is 23.9 Å². The summed E-state index contributed by atoms with van der Waals surface area (Å²) in [6, 6.07) is 0. The highest BCUT2D eigenvalue weighted by Crippen LogP contribution is 2.66. The molecule has 0 spiro atoms. The summed E-state index contributed by atoms with van der Waals surface area (Å²) < 4.78 is 5.42. The van der Waals surface area contributed by atoms with Crippen LogP contribution in [0.25, 0.3) is 0 Å². The van der Waals surface area contributed by atoms with E-state index in [1.54, 1.807) is 7.11 Å². The van der Waals surface area contributed by atoms with Crippen molar-refractivity contribution in [3.05, 3.63) is 0 Å². The zero-order valence-electron chi connectivity index (χ0n) is 7.26. The molecular weight excluding hydrogens is 140 g/mol. The van der Waals surface area contributed by atoms with Gasteiger partial charge in [-0.25, -0.2) is 0 Å². The maximum Gasteiger partial charge on any atom is 0.0996 e. The summed E-state index contributed by atoms with van der Waals surface area (Å²) >= 11 is 0. The Morgan fingerprint density at radius 1 is 1.55 bits per heavy atom. The summed E-state index contributed by atoms with van der Waals surface area (Å²) in [6.07, 6.45) is 4.13. The number of hydrogen-bond acceptors (Lipinski definition) is 2. The topological polar surface area (TPSA) is 29.5 Å². The molecule has 3 atom stereocenters. The van der Waals surface area contributed by atoms with Gasteiger partial charge in [0.15, 0.2) is 0 Å². The minimum Gasteiger partial charge on any atom is -0.390 e. The summed E-state index contributed by atoms with van der Waals surface area (Å²) in [5, 5.41) is 9.71. The molecule has 0 radical (unpaired) electrons. The van der Waals surface area contributed by atoms with Crippen molar-refractivity contribution in [2.24, 2.45) is 5.41 Å². The molecular formula is C9H16O2. The molecule has 2 saturated carbocycles. The van der Waals surface area contributed by atoms with Gasteiger partial charge in [0.1, 0.15) is 0 Å². The number of hydrogen-bond donors (Lipinski definition) is 1. The van der Waals surface area contributed by atoms with Crippen molar-refractivity contribution in [3.8, 4) is 0 Å². The largest absolute Gasteiger partial charge is 0.390 e. The molecule has 0 aromatic heterocycles. The fourth-order valence-corrected chi connectivity index (χ4v) is 2.73. The second-order valence-corrected chi connectivity index (χ2v) is 4.24.